The summed E-state index contributed by atoms with van der Waals surface area (Å²) in [5.41, 5.74) is 2.93. The Balaban J connectivity index is 1.57. The standard InChI is InChI=1S/C24H23N5OS/c1-2-28(21-13-7-4-8-14-21)22(30)18-31-24-27-26-23(20-12-9-15-25-16-20)29(24)17-19-10-5-3-6-11-19/h3-16H,2,17-18H2,1H3. The van der Waals surface area contributed by atoms with Crippen molar-refractivity contribution in [2.45, 2.75) is 18.6 Å². The Morgan fingerprint density at radius 3 is 2.39 bits per heavy atom. The first-order chi connectivity index (χ1) is 15.3. The number of pyridine rings is 1. The third-order valence-corrected chi connectivity index (χ3v) is 5.78. The first-order valence-corrected chi connectivity index (χ1v) is 11.1. The van der Waals surface area contributed by atoms with Crippen LogP contribution in [0.4, 0.5) is 5.69 Å². The van der Waals surface area contributed by atoms with E-state index < -0.39 is 0 Å². The van der Waals surface area contributed by atoms with Gasteiger partial charge in [-0.15, -0.1) is 10.2 Å². The molecule has 0 saturated heterocycles. The Hall–Kier alpha value is -3.45. The minimum atomic E-state index is 0.0379. The highest BCUT2D eigenvalue weighted by molar-refractivity contribution is 7.99. The molecule has 31 heavy (non-hydrogen) atoms. The molecule has 4 aromatic rings. The predicted molar refractivity (Wildman–Crippen MR) is 124 cm³/mol. The maximum Gasteiger partial charge on any atom is 0.237 e. The SMILES string of the molecule is CCN(C(=O)CSc1nnc(-c2cccnc2)n1Cc1ccccc1)c1ccccc1. The fraction of sp³-hybridized carbons (Fsp3) is 0.167. The van der Waals surface area contributed by atoms with Crippen LogP contribution in [0, 0.1) is 0 Å². The number of carbonyl (C=O) groups excluding carboxylic acids is 1. The van der Waals surface area contributed by atoms with Crippen molar-refractivity contribution in [2.24, 2.45) is 0 Å². The van der Waals surface area contributed by atoms with E-state index in [0.717, 1.165) is 22.6 Å². The van der Waals surface area contributed by atoms with Crippen LogP contribution in [-0.2, 0) is 11.3 Å². The van der Waals surface area contributed by atoms with Gasteiger partial charge in [0.1, 0.15) is 0 Å². The first-order valence-electron chi connectivity index (χ1n) is 10.1. The van der Waals surface area contributed by atoms with Crippen molar-refractivity contribution in [3.63, 3.8) is 0 Å². The van der Waals surface area contributed by atoms with Gasteiger partial charge in [-0.05, 0) is 36.8 Å². The lowest BCUT2D eigenvalue weighted by Crippen LogP contribution is -2.32. The van der Waals surface area contributed by atoms with Crippen LogP contribution in [-0.4, -0.2) is 38.0 Å². The molecule has 0 fully saturated rings. The van der Waals surface area contributed by atoms with Gasteiger partial charge in [0.15, 0.2) is 11.0 Å². The minimum Gasteiger partial charge on any atom is -0.312 e. The Labute approximate surface area is 186 Å². The monoisotopic (exact) mass is 429 g/mol. The van der Waals surface area contributed by atoms with Crippen molar-refractivity contribution < 1.29 is 4.79 Å². The topological polar surface area (TPSA) is 63.9 Å². The highest BCUT2D eigenvalue weighted by atomic mass is 32.2. The molecule has 156 valence electrons. The fourth-order valence-corrected chi connectivity index (χ4v) is 4.14. The summed E-state index contributed by atoms with van der Waals surface area (Å²) in [6, 6.07) is 23.7. The second-order valence-corrected chi connectivity index (χ2v) is 7.82. The third kappa shape index (κ3) is 5.00. The number of hydrogen-bond donors (Lipinski definition) is 0. The number of amides is 1. The molecule has 0 radical (unpaired) electrons. The molecule has 0 atom stereocenters. The van der Waals surface area contributed by atoms with Crippen molar-refractivity contribution in [3.8, 4) is 11.4 Å². The number of hydrogen-bond acceptors (Lipinski definition) is 5. The van der Waals surface area contributed by atoms with Crippen LogP contribution >= 0.6 is 11.8 Å². The molecule has 7 heteroatoms. The van der Waals surface area contributed by atoms with E-state index in [1.54, 1.807) is 17.3 Å². The van der Waals surface area contributed by atoms with E-state index in [0.29, 0.717) is 18.2 Å². The molecular weight excluding hydrogens is 406 g/mol. The maximum atomic E-state index is 12.9. The molecule has 2 aromatic heterocycles. The van der Waals surface area contributed by atoms with Crippen LogP contribution in [0.25, 0.3) is 11.4 Å². The number of nitrogens with zero attached hydrogens (tertiary/aromatic N) is 5. The second-order valence-electron chi connectivity index (χ2n) is 6.88. The molecule has 0 aliphatic rings. The summed E-state index contributed by atoms with van der Waals surface area (Å²) >= 11 is 1.41. The van der Waals surface area contributed by atoms with E-state index in [4.69, 9.17) is 0 Å². The Morgan fingerprint density at radius 2 is 1.71 bits per heavy atom. The smallest absolute Gasteiger partial charge is 0.237 e. The number of aromatic nitrogens is 4. The second kappa shape index (κ2) is 10.0. The van der Waals surface area contributed by atoms with E-state index in [9.17, 15) is 4.79 Å². The van der Waals surface area contributed by atoms with E-state index in [1.807, 2.05) is 72.2 Å². The van der Waals surface area contributed by atoms with Gasteiger partial charge in [-0.2, -0.15) is 0 Å². The summed E-state index contributed by atoms with van der Waals surface area (Å²) in [5.74, 6) is 1.06. The molecule has 6 nitrogen and oxygen atoms in total. The molecular formula is C24H23N5OS. The zero-order valence-corrected chi connectivity index (χ0v) is 18.1. The lowest BCUT2D eigenvalue weighted by molar-refractivity contribution is -0.116. The van der Waals surface area contributed by atoms with Crippen molar-refractivity contribution in [1.29, 1.82) is 0 Å². The van der Waals surface area contributed by atoms with Gasteiger partial charge in [0.05, 0.1) is 12.3 Å². The molecule has 0 bridgehead atoms. The van der Waals surface area contributed by atoms with Gasteiger partial charge in [0.2, 0.25) is 5.91 Å². The summed E-state index contributed by atoms with van der Waals surface area (Å²) in [6.45, 7) is 3.21. The number of thioether (sulfide) groups is 1. The number of para-hydroxylation sites is 1. The summed E-state index contributed by atoms with van der Waals surface area (Å²) in [7, 11) is 0. The van der Waals surface area contributed by atoms with Gasteiger partial charge in [-0.25, -0.2) is 0 Å². The van der Waals surface area contributed by atoms with Gasteiger partial charge in [0, 0.05) is 30.2 Å². The molecule has 0 aliphatic carbocycles. The zero-order valence-electron chi connectivity index (χ0n) is 17.3. The molecule has 2 aromatic carbocycles. The molecule has 2 heterocycles. The average molecular weight is 430 g/mol. The van der Waals surface area contributed by atoms with E-state index >= 15 is 0 Å². The van der Waals surface area contributed by atoms with E-state index in [2.05, 4.69) is 27.3 Å². The molecule has 1 amide bonds. The van der Waals surface area contributed by atoms with Gasteiger partial charge in [-0.3, -0.25) is 14.3 Å². The Bertz CT molecular complexity index is 1120. The zero-order chi connectivity index (χ0) is 21.5. The van der Waals surface area contributed by atoms with Crippen LogP contribution in [0.15, 0.2) is 90.3 Å². The van der Waals surface area contributed by atoms with Crippen molar-refractivity contribution in [3.05, 3.63) is 90.8 Å². The number of benzene rings is 2. The molecule has 4 rings (SSSR count). The van der Waals surface area contributed by atoms with Crippen LogP contribution in [0.2, 0.25) is 0 Å². The Morgan fingerprint density at radius 1 is 0.968 bits per heavy atom. The van der Waals surface area contributed by atoms with Gasteiger partial charge in [-0.1, -0.05) is 60.3 Å². The van der Waals surface area contributed by atoms with Crippen molar-refractivity contribution in [1.82, 2.24) is 19.7 Å². The van der Waals surface area contributed by atoms with Crippen LogP contribution in [0.1, 0.15) is 12.5 Å². The molecule has 0 unspecified atom stereocenters. The van der Waals surface area contributed by atoms with E-state index in [-0.39, 0.29) is 11.7 Å². The lowest BCUT2D eigenvalue weighted by Gasteiger charge is -2.20. The number of carbonyl (C=O) groups is 1. The predicted octanol–water partition coefficient (Wildman–Crippen LogP) is 4.53. The van der Waals surface area contributed by atoms with Crippen molar-refractivity contribution >= 4 is 23.4 Å². The van der Waals surface area contributed by atoms with E-state index in [1.165, 1.54) is 11.8 Å². The maximum absolute atomic E-state index is 12.9. The normalized spacial score (nSPS) is 10.7. The highest BCUT2D eigenvalue weighted by Gasteiger charge is 2.19. The van der Waals surface area contributed by atoms with Crippen LogP contribution in [0.5, 0.6) is 0 Å². The van der Waals surface area contributed by atoms with Crippen LogP contribution < -0.4 is 4.90 Å². The summed E-state index contributed by atoms with van der Waals surface area (Å²) in [5, 5.41) is 9.52. The summed E-state index contributed by atoms with van der Waals surface area (Å²) in [4.78, 5) is 18.9. The lowest BCUT2D eigenvalue weighted by atomic mass is 10.2. The number of rotatable bonds is 8. The first kappa shape index (κ1) is 20.8. The van der Waals surface area contributed by atoms with Crippen molar-refractivity contribution in [2.75, 3.05) is 17.2 Å². The molecule has 0 aliphatic heterocycles. The minimum absolute atomic E-state index is 0.0379. The van der Waals surface area contributed by atoms with Gasteiger partial charge in [0.25, 0.3) is 0 Å². The quantitative estimate of drug-likeness (QED) is 0.385. The van der Waals surface area contributed by atoms with Gasteiger partial charge >= 0.3 is 0 Å². The largest absolute Gasteiger partial charge is 0.312 e. The highest BCUT2D eigenvalue weighted by Crippen LogP contribution is 2.25. The molecule has 0 saturated carbocycles. The molecule has 0 N–H and O–H groups in total. The number of anilines is 1. The molecule has 0 spiro atoms. The third-order valence-electron chi connectivity index (χ3n) is 4.83. The van der Waals surface area contributed by atoms with Crippen LogP contribution in [0.3, 0.4) is 0 Å². The summed E-state index contributed by atoms with van der Waals surface area (Å²) in [6.07, 6.45) is 3.51. The average Bonchev–Trinajstić information content (AvgIpc) is 3.22. The van der Waals surface area contributed by atoms with Gasteiger partial charge < -0.3 is 4.90 Å². The Kier molecular flexibility index (Phi) is 6.74. The summed E-state index contributed by atoms with van der Waals surface area (Å²) < 4.78 is 2.04. The fourth-order valence-electron chi connectivity index (χ4n) is 3.33.